The van der Waals surface area contributed by atoms with Gasteiger partial charge in [0.25, 0.3) is 11.5 Å². The monoisotopic (exact) mass is 679 g/mol. The molecule has 1 atom stereocenters. The molecule has 0 aliphatic heterocycles. The van der Waals surface area contributed by atoms with Crippen LogP contribution in [-0.2, 0) is 6.54 Å². The third-order valence-electron chi connectivity index (χ3n) is 9.26. The topological polar surface area (TPSA) is 136 Å². The van der Waals surface area contributed by atoms with Gasteiger partial charge in [-0.2, -0.15) is 0 Å². The molecule has 0 saturated heterocycles. The molecule has 0 bridgehead atoms. The minimum absolute atomic E-state index is 0.0114. The number of aliphatic hydroxyl groups excluding tert-OH is 1. The lowest BCUT2D eigenvalue weighted by Gasteiger charge is -2.30. The van der Waals surface area contributed by atoms with Crippen LogP contribution in [0.25, 0.3) is 33.5 Å². The number of aliphatic hydroxyl groups is 1. The van der Waals surface area contributed by atoms with Gasteiger partial charge in [0.05, 0.1) is 23.9 Å². The molecule has 2 aromatic carbocycles. The number of hydrogen-bond donors (Lipinski definition) is 3. The van der Waals surface area contributed by atoms with Gasteiger partial charge in [-0.05, 0) is 79.6 Å². The number of hydrogen-bond acceptors (Lipinski definition) is 7. The molecular weight excluding hydrogens is 644 g/mol. The first-order valence-corrected chi connectivity index (χ1v) is 16.5. The van der Waals surface area contributed by atoms with E-state index in [0.717, 1.165) is 29.0 Å². The summed E-state index contributed by atoms with van der Waals surface area (Å²) in [5, 5.41) is 15.5. The molecule has 1 aliphatic carbocycles. The minimum atomic E-state index is -0.691. The number of amides is 1. The van der Waals surface area contributed by atoms with Crippen LogP contribution in [0, 0.1) is 11.6 Å². The van der Waals surface area contributed by atoms with Crippen LogP contribution >= 0.6 is 0 Å². The lowest BCUT2D eigenvalue weighted by Crippen LogP contribution is -2.45. The van der Waals surface area contributed by atoms with Crippen molar-refractivity contribution in [2.45, 2.75) is 57.3 Å². The van der Waals surface area contributed by atoms with Gasteiger partial charge in [0.15, 0.2) is 5.65 Å². The van der Waals surface area contributed by atoms with Crippen LogP contribution < -0.4 is 21.9 Å². The molecule has 11 nitrogen and oxygen atoms in total. The maximum atomic E-state index is 14.5. The van der Waals surface area contributed by atoms with E-state index in [1.165, 1.54) is 38.1 Å². The van der Waals surface area contributed by atoms with Crippen LogP contribution in [0.1, 0.15) is 54.7 Å². The third kappa shape index (κ3) is 6.57. The van der Waals surface area contributed by atoms with E-state index in [4.69, 9.17) is 0 Å². The first-order valence-electron chi connectivity index (χ1n) is 16.5. The van der Waals surface area contributed by atoms with Crippen molar-refractivity contribution in [3.63, 3.8) is 0 Å². The molecule has 1 amide bonds. The SMILES string of the molecule is C[C@H](CO)NCc1ccc(-c2cccc(-n3c(=O)n([C@H]4CC[C@@H](NC(=O)c5cn6cc(F)ccc6n5)CC4)c(=O)c4cc(F)cnc43)c2)cc1. The lowest BCUT2D eigenvalue weighted by atomic mass is 9.90. The highest BCUT2D eigenvalue weighted by Crippen LogP contribution is 2.28. The maximum Gasteiger partial charge on any atom is 0.337 e. The molecule has 1 fully saturated rings. The zero-order valence-corrected chi connectivity index (χ0v) is 27.2. The fourth-order valence-electron chi connectivity index (χ4n) is 6.55. The van der Waals surface area contributed by atoms with E-state index in [9.17, 15) is 28.3 Å². The Hall–Kier alpha value is -5.53. The molecule has 0 radical (unpaired) electrons. The zero-order chi connectivity index (χ0) is 34.9. The molecule has 13 heteroatoms. The van der Waals surface area contributed by atoms with Crippen LogP contribution in [0.5, 0.6) is 0 Å². The number of aromatic nitrogens is 5. The normalized spacial score (nSPS) is 16.9. The Morgan fingerprint density at radius 2 is 1.74 bits per heavy atom. The molecule has 0 unspecified atom stereocenters. The smallest absolute Gasteiger partial charge is 0.337 e. The van der Waals surface area contributed by atoms with Crippen LogP contribution in [0.2, 0.25) is 0 Å². The largest absolute Gasteiger partial charge is 0.395 e. The molecule has 4 aromatic heterocycles. The van der Waals surface area contributed by atoms with Gasteiger partial charge in [0.2, 0.25) is 0 Å². The summed E-state index contributed by atoms with van der Waals surface area (Å²) in [5.74, 6) is -1.53. The highest BCUT2D eigenvalue weighted by atomic mass is 19.1. The Labute approximate surface area is 284 Å². The Morgan fingerprint density at radius 1 is 0.960 bits per heavy atom. The van der Waals surface area contributed by atoms with Gasteiger partial charge in [0.1, 0.15) is 23.0 Å². The summed E-state index contributed by atoms with van der Waals surface area (Å²) in [7, 11) is 0. The zero-order valence-electron chi connectivity index (χ0n) is 27.2. The third-order valence-corrected chi connectivity index (χ3v) is 9.26. The number of rotatable bonds is 9. The quantitative estimate of drug-likeness (QED) is 0.205. The Bertz CT molecular complexity index is 2330. The van der Waals surface area contributed by atoms with E-state index in [1.807, 2.05) is 49.4 Å². The van der Waals surface area contributed by atoms with Gasteiger partial charge >= 0.3 is 5.69 Å². The fraction of sp³-hybridized carbons (Fsp3) is 0.270. The highest BCUT2D eigenvalue weighted by Gasteiger charge is 2.28. The minimum Gasteiger partial charge on any atom is -0.395 e. The summed E-state index contributed by atoms with van der Waals surface area (Å²) < 4.78 is 32.1. The molecule has 0 spiro atoms. The fourth-order valence-corrected chi connectivity index (χ4v) is 6.55. The second-order valence-electron chi connectivity index (χ2n) is 12.7. The standard InChI is InChI=1S/C37H35F2N7O4/c1-22(21-47)40-17-23-5-7-24(8-6-23)25-3-2-4-30(15-25)45-34-31(16-27(39)18-41-34)36(49)46(37(45)50)29-12-10-28(11-13-29)42-35(48)32-20-44-19-26(38)9-14-33(44)43-32/h2-9,14-16,18-20,22,28-29,40,47H,10-13,17,21H2,1H3,(H,42,48)/t22-,28-,29+/m1/s1. The number of nitrogens with zero attached hydrogens (tertiary/aromatic N) is 5. The van der Waals surface area contributed by atoms with E-state index >= 15 is 0 Å². The van der Waals surface area contributed by atoms with Gasteiger partial charge in [-0.1, -0.05) is 36.4 Å². The predicted octanol–water partition coefficient (Wildman–Crippen LogP) is 4.52. The number of carbonyl (C=O) groups excluding carboxylic acids is 1. The molecule has 3 N–H and O–H groups in total. The predicted molar refractivity (Wildman–Crippen MR) is 184 cm³/mol. The molecule has 6 aromatic rings. The summed E-state index contributed by atoms with van der Waals surface area (Å²) in [6, 6.07) is 18.4. The summed E-state index contributed by atoms with van der Waals surface area (Å²) in [4.78, 5) is 49.5. The summed E-state index contributed by atoms with van der Waals surface area (Å²) >= 11 is 0. The van der Waals surface area contributed by atoms with Crippen LogP contribution in [0.4, 0.5) is 8.78 Å². The maximum absolute atomic E-state index is 14.5. The number of halogens is 2. The van der Waals surface area contributed by atoms with Gasteiger partial charge in [-0.15, -0.1) is 0 Å². The molecule has 4 heterocycles. The van der Waals surface area contributed by atoms with E-state index in [1.54, 1.807) is 6.07 Å². The number of imidazole rings is 1. The average molecular weight is 680 g/mol. The lowest BCUT2D eigenvalue weighted by molar-refractivity contribution is 0.0917. The second-order valence-corrected chi connectivity index (χ2v) is 12.7. The van der Waals surface area contributed by atoms with Crippen molar-refractivity contribution in [1.82, 2.24) is 34.1 Å². The van der Waals surface area contributed by atoms with Crippen LogP contribution in [0.15, 0.2) is 94.9 Å². The molecule has 1 saturated carbocycles. The molecular formula is C37H35F2N7O4. The summed E-state index contributed by atoms with van der Waals surface area (Å²) in [6.45, 7) is 2.55. The van der Waals surface area contributed by atoms with Gasteiger partial charge in [-0.3, -0.25) is 14.2 Å². The van der Waals surface area contributed by atoms with Crippen molar-refractivity contribution in [2.24, 2.45) is 0 Å². The van der Waals surface area contributed by atoms with E-state index in [-0.39, 0.29) is 35.4 Å². The Balaban J connectivity index is 1.15. The number of pyridine rings is 2. The Kier molecular flexibility index (Phi) is 9.08. The molecule has 1 aliphatic rings. The first-order chi connectivity index (χ1) is 24.2. The highest BCUT2D eigenvalue weighted by molar-refractivity contribution is 5.93. The van der Waals surface area contributed by atoms with E-state index in [2.05, 4.69) is 20.6 Å². The van der Waals surface area contributed by atoms with Crippen molar-refractivity contribution >= 4 is 22.6 Å². The van der Waals surface area contributed by atoms with E-state index in [0.29, 0.717) is 43.6 Å². The number of fused-ring (bicyclic) bond motifs is 2. The van der Waals surface area contributed by atoms with Crippen molar-refractivity contribution < 1.29 is 18.7 Å². The molecule has 256 valence electrons. The molecule has 7 rings (SSSR count). The molecule has 50 heavy (non-hydrogen) atoms. The van der Waals surface area contributed by atoms with Gasteiger partial charge in [-0.25, -0.2) is 28.1 Å². The first kappa shape index (κ1) is 33.0. The van der Waals surface area contributed by atoms with Crippen molar-refractivity contribution in [3.05, 3.63) is 129 Å². The Morgan fingerprint density at radius 3 is 2.50 bits per heavy atom. The van der Waals surface area contributed by atoms with Gasteiger partial charge < -0.3 is 20.1 Å². The van der Waals surface area contributed by atoms with Crippen molar-refractivity contribution in [3.8, 4) is 16.8 Å². The van der Waals surface area contributed by atoms with Crippen LogP contribution in [0.3, 0.4) is 0 Å². The van der Waals surface area contributed by atoms with Crippen molar-refractivity contribution in [2.75, 3.05) is 6.61 Å². The number of nitrogens with one attached hydrogen (secondary N) is 2. The second kappa shape index (κ2) is 13.8. The van der Waals surface area contributed by atoms with Gasteiger partial charge in [0, 0.05) is 37.1 Å². The number of carbonyl (C=O) groups is 1. The number of benzene rings is 2. The van der Waals surface area contributed by atoms with Crippen molar-refractivity contribution in [1.29, 1.82) is 0 Å². The summed E-state index contributed by atoms with van der Waals surface area (Å²) in [6.07, 6.45) is 5.52. The van der Waals surface area contributed by atoms with E-state index < -0.39 is 34.8 Å². The van der Waals surface area contributed by atoms with Crippen LogP contribution in [-0.4, -0.2) is 53.2 Å². The summed E-state index contributed by atoms with van der Waals surface area (Å²) in [5.41, 5.74) is 2.72. The average Bonchev–Trinajstić information content (AvgIpc) is 3.56.